The Bertz CT molecular complexity index is 1020. The number of carbonyl (C=O) groups is 1. The zero-order chi connectivity index (χ0) is 19.6. The van der Waals surface area contributed by atoms with Crippen molar-refractivity contribution in [2.75, 3.05) is 19.9 Å². The van der Waals surface area contributed by atoms with Crippen LogP contribution in [0.25, 0.3) is 0 Å². The summed E-state index contributed by atoms with van der Waals surface area (Å²) < 4.78 is 22.6. The Morgan fingerprint density at radius 1 is 1.07 bits per heavy atom. The van der Waals surface area contributed by atoms with E-state index in [0.29, 0.717) is 42.5 Å². The summed E-state index contributed by atoms with van der Waals surface area (Å²) in [5, 5.41) is 2.76. The van der Waals surface area contributed by atoms with Crippen LogP contribution in [0.2, 0.25) is 0 Å². The van der Waals surface area contributed by atoms with Gasteiger partial charge in [-0.25, -0.2) is 4.98 Å². The van der Waals surface area contributed by atoms with Gasteiger partial charge in [-0.3, -0.25) is 4.79 Å². The molecular formula is C21H18N2O5S. The normalized spacial score (nSPS) is 16.5. The standard InChI is InChI=1S/C21H18N2O5S/c24-21(14-5-6-17-19(9-14)27-13-26-17)23(11-20-22-7-8-29-20)10-15-12-25-16-3-1-2-4-18(16)28-15/h1-9,15H,10-13H2/t15-/m1/s1. The zero-order valence-electron chi connectivity index (χ0n) is 15.4. The van der Waals surface area contributed by atoms with E-state index in [0.717, 1.165) is 10.8 Å². The second-order valence-electron chi connectivity index (χ2n) is 6.68. The van der Waals surface area contributed by atoms with Gasteiger partial charge in [-0.15, -0.1) is 11.3 Å². The van der Waals surface area contributed by atoms with Crippen LogP contribution < -0.4 is 18.9 Å². The van der Waals surface area contributed by atoms with Gasteiger partial charge in [-0.2, -0.15) is 0 Å². The van der Waals surface area contributed by atoms with Crippen LogP contribution in [0.1, 0.15) is 15.4 Å². The molecule has 8 heteroatoms. The van der Waals surface area contributed by atoms with Gasteiger partial charge in [0.05, 0.1) is 13.1 Å². The first kappa shape index (κ1) is 17.8. The van der Waals surface area contributed by atoms with E-state index in [9.17, 15) is 4.79 Å². The Kier molecular flexibility index (Phi) is 4.69. The van der Waals surface area contributed by atoms with Gasteiger partial charge in [0, 0.05) is 17.1 Å². The monoisotopic (exact) mass is 410 g/mol. The molecule has 7 nitrogen and oxygen atoms in total. The highest BCUT2D eigenvalue weighted by Gasteiger charge is 2.27. The van der Waals surface area contributed by atoms with Gasteiger partial charge >= 0.3 is 0 Å². The smallest absolute Gasteiger partial charge is 0.254 e. The van der Waals surface area contributed by atoms with Crippen molar-refractivity contribution in [1.82, 2.24) is 9.88 Å². The molecule has 29 heavy (non-hydrogen) atoms. The number of ether oxygens (including phenoxy) is 4. The summed E-state index contributed by atoms with van der Waals surface area (Å²) in [6.45, 7) is 1.32. The second kappa shape index (κ2) is 7.63. The summed E-state index contributed by atoms with van der Waals surface area (Å²) in [6.07, 6.45) is 1.46. The highest BCUT2D eigenvalue weighted by Crippen LogP contribution is 2.34. The van der Waals surface area contributed by atoms with Crippen molar-refractivity contribution in [3.8, 4) is 23.0 Å². The number of benzene rings is 2. The Morgan fingerprint density at radius 3 is 2.76 bits per heavy atom. The molecule has 2 aliphatic heterocycles. The summed E-state index contributed by atoms with van der Waals surface area (Å²) in [5.74, 6) is 2.51. The lowest BCUT2D eigenvalue weighted by Gasteiger charge is -2.31. The van der Waals surface area contributed by atoms with Crippen LogP contribution in [0.4, 0.5) is 0 Å². The molecule has 3 aromatic rings. The highest BCUT2D eigenvalue weighted by atomic mass is 32.1. The van der Waals surface area contributed by atoms with Crippen LogP contribution in [0, 0.1) is 0 Å². The van der Waals surface area contributed by atoms with Crippen LogP contribution in [-0.2, 0) is 6.54 Å². The third-order valence-electron chi connectivity index (χ3n) is 4.71. The van der Waals surface area contributed by atoms with Gasteiger partial charge < -0.3 is 23.8 Å². The van der Waals surface area contributed by atoms with Crippen molar-refractivity contribution < 1.29 is 23.7 Å². The van der Waals surface area contributed by atoms with Crippen LogP contribution in [-0.4, -0.2) is 41.8 Å². The number of amides is 1. The predicted octanol–water partition coefficient (Wildman–Crippen LogP) is 3.35. The molecule has 0 fully saturated rings. The van der Waals surface area contributed by atoms with Crippen LogP contribution in [0.15, 0.2) is 54.0 Å². The molecule has 0 bridgehead atoms. The van der Waals surface area contributed by atoms with E-state index in [1.54, 1.807) is 29.3 Å². The minimum atomic E-state index is -0.275. The molecule has 1 amide bonds. The first-order chi connectivity index (χ1) is 14.3. The summed E-state index contributed by atoms with van der Waals surface area (Å²) in [4.78, 5) is 19.4. The minimum absolute atomic E-state index is 0.124. The Labute approximate surface area is 171 Å². The number of hydrogen-bond donors (Lipinski definition) is 0. The number of aromatic nitrogens is 1. The van der Waals surface area contributed by atoms with Crippen molar-refractivity contribution in [1.29, 1.82) is 0 Å². The topological polar surface area (TPSA) is 70.1 Å². The first-order valence-corrected chi connectivity index (χ1v) is 10.1. The van der Waals surface area contributed by atoms with Gasteiger partial charge in [0.15, 0.2) is 29.1 Å². The maximum absolute atomic E-state index is 13.3. The fraction of sp³-hybridized carbons (Fsp3) is 0.238. The Morgan fingerprint density at radius 2 is 1.90 bits per heavy atom. The number of nitrogens with zero attached hydrogens (tertiary/aromatic N) is 2. The van der Waals surface area contributed by atoms with Gasteiger partial charge in [-0.1, -0.05) is 12.1 Å². The molecule has 0 saturated heterocycles. The maximum atomic E-state index is 13.3. The van der Waals surface area contributed by atoms with E-state index in [2.05, 4.69) is 4.98 Å². The molecule has 0 N–H and O–H groups in total. The number of hydrogen-bond acceptors (Lipinski definition) is 7. The molecule has 0 saturated carbocycles. The average molecular weight is 410 g/mol. The number of rotatable bonds is 5. The molecular weight excluding hydrogens is 392 g/mol. The van der Waals surface area contributed by atoms with Gasteiger partial charge in [0.25, 0.3) is 5.91 Å². The molecule has 5 rings (SSSR count). The third-order valence-corrected chi connectivity index (χ3v) is 5.47. The van der Waals surface area contributed by atoms with Gasteiger partial charge in [0.1, 0.15) is 11.6 Å². The van der Waals surface area contributed by atoms with Crippen molar-refractivity contribution in [2.24, 2.45) is 0 Å². The number of para-hydroxylation sites is 2. The molecule has 0 aliphatic carbocycles. The molecule has 2 aromatic carbocycles. The van der Waals surface area contributed by atoms with E-state index in [1.165, 1.54) is 11.3 Å². The predicted molar refractivity (Wildman–Crippen MR) is 106 cm³/mol. The number of carbonyl (C=O) groups excluding carboxylic acids is 1. The lowest BCUT2D eigenvalue weighted by molar-refractivity contribution is 0.0444. The maximum Gasteiger partial charge on any atom is 0.254 e. The molecule has 1 atom stereocenters. The van der Waals surface area contributed by atoms with E-state index >= 15 is 0 Å². The van der Waals surface area contributed by atoms with Crippen molar-refractivity contribution in [3.05, 3.63) is 64.6 Å². The molecule has 2 aliphatic rings. The Balaban J connectivity index is 1.37. The third kappa shape index (κ3) is 3.71. The fourth-order valence-electron chi connectivity index (χ4n) is 3.32. The zero-order valence-corrected chi connectivity index (χ0v) is 16.3. The number of fused-ring (bicyclic) bond motifs is 2. The molecule has 0 radical (unpaired) electrons. The van der Waals surface area contributed by atoms with Crippen molar-refractivity contribution in [3.63, 3.8) is 0 Å². The molecule has 0 unspecified atom stereocenters. The Hall–Kier alpha value is -3.26. The minimum Gasteiger partial charge on any atom is -0.486 e. The fourth-order valence-corrected chi connectivity index (χ4v) is 3.96. The van der Waals surface area contributed by atoms with Crippen molar-refractivity contribution >= 4 is 17.2 Å². The lowest BCUT2D eigenvalue weighted by Crippen LogP contribution is -2.43. The molecule has 1 aromatic heterocycles. The second-order valence-corrected chi connectivity index (χ2v) is 7.66. The molecule has 148 valence electrons. The SMILES string of the molecule is O=C(c1ccc2c(c1)OCO2)N(Cc1nccs1)C[C@@H]1COc2ccccc2O1. The largest absolute Gasteiger partial charge is 0.486 e. The average Bonchev–Trinajstić information content (AvgIpc) is 3.44. The summed E-state index contributed by atoms with van der Waals surface area (Å²) in [7, 11) is 0. The van der Waals surface area contributed by atoms with Crippen LogP contribution in [0.5, 0.6) is 23.0 Å². The van der Waals surface area contributed by atoms with Gasteiger partial charge in [-0.05, 0) is 30.3 Å². The number of thiazole rings is 1. The first-order valence-electron chi connectivity index (χ1n) is 9.22. The van der Waals surface area contributed by atoms with E-state index in [-0.39, 0.29) is 18.8 Å². The van der Waals surface area contributed by atoms with E-state index in [4.69, 9.17) is 18.9 Å². The molecule has 3 heterocycles. The highest BCUT2D eigenvalue weighted by molar-refractivity contribution is 7.09. The van der Waals surface area contributed by atoms with E-state index < -0.39 is 0 Å². The summed E-state index contributed by atoms with van der Waals surface area (Å²) in [6, 6.07) is 12.8. The van der Waals surface area contributed by atoms with Crippen molar-refractivity contribution in [2.45, 2.75) is 12.6 Å². The summed E-state index contributed by atoms with van der Waals surface area (Å²) in [5.41, 5.74) is 0.530. The lowest BCUT2D eigenvalue weighted by atomic mass is 10.1. The van der Waals surface area contributed by atoms with Gasteiger partial charge in [0.2, 0.25) is 6.79 Å². The van der Waals surface area contributed by atoms with Crippen LogP contribution >= 0.6 is 11.3 Å². The quantitative estimate of drug-likeness (QED) is 0.643. The molecule has 0 spiro atoms. The van der Waals surface area contributed by atoms with E-state index in [1.807, 2.05) is 29.6 Å². The summed E-state index contributed by atoms with van der Waals surface area (Å²) >= 11 is 1.51. The van der Waals surface area contributed by atoms with Crippen LogP contribution in [0.3, 0.4) is 0 Å².